The highest BCUT2D eigenvalue weighted by Gasteiger charge is 2.12. The van der Waals surface area contributed by atoms with Gasteiger partial charge in [0, 0.05) is 7.05 Å². The average Bonchev–Trinajstić information content (AvgIpc) is 2.63. The number of imidazole rings is 1. The van der Waals surface area contributed by atoms with Crippen LogP contribution in [0.4, 0.5) is 5.95 Å². The predicted molar refractivity (Wildman–Crippen MR) is 47.7 cm³/mol. The van der Waals surface area contributed by atoms with Gasteiger partial charge in [0.1, 0.15) is 5.69 Å². The number of rotatable bonds is 1. The second-order valence-electron chi connectivity index (χ2n) is 2.82. The predicted octanol–water partition coefficient (Wildman–Crippen LogP) is 0.0958. The molecule has 0 saturated heterocycles. The molecule has 3 N–H and O–H groups in total. The Morgan fingerprint density at radius 1 is 1.54 bits per heavy atom. The summed E-state index contributed by atoms with van der Waals surface area (Å²) >= 11 is 0. The van der Waals surface area contributed by atoms with Crippen molar-refractivity contribution in [2.75, 3.05) is 5.73 Å². The van der Waals surface area contributed by atoms with E-state index in [2.05, 4.69) is 20.4 Å². The summed E-state index contributed by atoms with van der Waals surface area (Å²) in [4.78, 5) is 4.13. The maximum Gasteiger partial charge on any atom is 0.200 e. The van der Waals surface area contributed by atoms with Gasteiger partial charge < -0.3 is 10.3 Å². The maximum atomic E-state index is 5.64. The van der Waals surface area contributed by atoms with Gasteiger partial charge >= 0.3 is 0 Å². The number of aryl methyl sites for hydroxylation is 1. The second kappa shape index (κ2) is 2.58. The third-order valence-corrected chi connectivity index (χ3v) is 1.96. The van der Waals surface area contributed by atoms with Gasteiger partial charge in [-0.15, -0.1) is 5.10 Å². The molecule has 0 amide bonds. The van der Waals surface area contributed by atoms with E-state index in [1.54, 1.807) is 10.8 Å². The molecule has 2 aromatic rings. The summed E-state index contributed by atoms with van der Waals surface area (Å²) in [5, 5.41) is 10.2. The summed E-state index contributed by atoms with van der Waals surface area (Å²) in [7, 11) is 1.85. The molecule has 6 heteroatoms. The van der Waals surface area contributed by atoms with Crippen molar-refractivity contribution in [3.05, 3.63) is 11.9 Å². The van der Waals surface area contributed by atoms with Crippen LogP contribution < -0.4 is 5.73 Å². The van der Waals surface area contributed by atoms with Crippen molar-refractivity contribution in [2.24, 2.45) is 7.05 Å². The first-order chi connectivity index (χ1) is 6.20. The van der Waals surface area contributed by atoms with E-state index in [1.165, 1.54) is 0 Å². The molecule has 0 atom stereocenters. The molecular formula is C7H10N6. The van der Waals surface area contributed by atoms with Crippen molar-refractivity contribution in [1.29, 1.82) is 0 Å². The minimum Gasteiger partial charge on any atom is -0.369 e. The van der Waals surface area contributed by atoms with Crippen molar-refractivity contribution >= 4 is 5.95 Å². The molecule has 0 bridgehead atoms. The Hall–Kier alpha value is -1.85. The smallest absolute Gasteiger partial charge is 0.200 e. The van der Waals surface area contributed by atoms with Gasteiger partial charge in [-0.3, -0.25) is 5.10 Å². The van der Waals surface area contributed by atoms with Crippen LogP contribution in [-0.2, 0) is 7.05 Å². The molecule has 0 aliphatic carbocycles. The van der Waals surface area contributed by atoms with Crippen LogP contribution in [0.5, 0.6) is 0 Å². The lowest BCUT2D eigenvalue weighted by atomic mass is 10.3. The van der Waals surface area contributed by atoms with Crippen LogP contribution in [0.2, 0.25) is 0 Å². The first kappa shape index (κ1) is 7.78. The molecule has 0 aliphatic rings. The number of H-pyrrole nitrogens is 1. The van der Waals surface area contributed by atoms with E-state index in [-0.39, 0.29) is 0 Å². The molecule has 0 aromatic carbocycles. The maximum absolute atomic E-state index is 5.64. The fourth-order valence-corrected chi connectivity index (χ4v) is 1.33. The number of hydrogen-bond donors (Lipinski definition) is 2. The van der Waals surface area contributed by atoms with Crippen LogP contribution in [-0.4, -0.2) is 25.0 Å². The van der Waals surface area contributed by atoms with Gasteiger partial charge in [-0.05, 0) is 6.92 Å². The summed E-state index contributed by atoms with van der Waals surface area (Å²) in [5.74, 6) is 0.482. The third kappa shape index (κ3) is 1.07. The summed E-state index contributed by atoms with van der Waals surface area (Å²) in [6.45, 7) is 1.89. The van der Waals surface area contributed by atoms with Gasteiger partial charge in [-0.25, -0.2) is 4.98 Å². The van der Waals surface area contributed by atoms with Crippen LogP contribution in [0.1, 0.15) is 5.69 Å². The second-order valence-corrected chi connectivity index (χ2v) is 2.82. The largest absolute Gasteiger partial charge is 0.369 e. The Morgan fingerprint density at radius 2 is 2.31 bits per heavy atom. The summed E-state index contributed by atoms with van der Waals surface area (Å²) in [6.07, 6.45) is 1.71. The lowest BCUT2D eigenvalue weighted by molar-refractivity contribution is 0.914. The molecule has 2 heterocycles. The Balaban J connectivity index is 2.64. The highest BCUT2D eigenvalue weighted by Crippen LogP contribution is 2.21. The lowest BCUT2D eigenvalue weighted by Crippen LogP contribution is -1.98. The summed E-state index contributed by atoms with van der Waals surface area (Å²) in [5.41, 5.74) is 8.15. The number of nitrogen functional groups attached to an aromatic ring is 1. The normalized spacial score (nSPS) is 10.6. The number of aromatic amines is 1. The number of nitrogens with one attached hydrogen (secondary N) is 1. The standard InChI is InChI=1S/C7H10N6/c1-4-6(5-3-9-12-11-5)13(2)7(8)10-4/h3H,1-2H3,(H2,8,10)(H,9,11,12). The molecule has 0 spiro atoms. The molecule has 0 saturated carbocycles. The molecule has 0 radical (unpaired) electrons. The van der Waals surface area contributed by atoms with E-state index in [9.17, 15) is 0 Å². The monoisotopic (exact) mass is 178 g/mol. The molecule has 0 aliphatic heterocycles. The van der Waals surface area contributed by atoms with Crippen LogP contribution in [0.15, 0.2) is 6.20 Å². The molecule has 0 unspecified atom stereocenters. The number of anilines is 1. The third-order valence-electron chi connectivity index (χ3n) is 1.96. The zero-order valence-corrected chi connectivity index (χ0v) is 7.44. The van der Waals surface area contributed by atoms with E-state index in [0.29, 0.717) is 5.95 Å². The highest BCUT2D eigenvalue weighted by molar-refractivity contribution is 5.59. The van der Waals surface area contributed by atoms with Crippen LogP contribution in [0, 0.1) is 6.92 Å². The quantitative estimate of drug-likeness (QED) is 0.648. The SMILES string of the molecule is Cc1nc(N)n(C)c1-c1c[nH]nn1. The Morgan fingerprint density at radius 3 is 2.77 bits per heavy atom. The lowest BCUT2D eigenvalue weighted by Gasteiger charge is -1.98. The Kier molecular flexibility index (Phi) is 1.54. The number of aromatic nitrogens is 5. The van der Waals surface area contributed by atoms with Gasteiger partial charge in [-0.1, -0.05) is 5.21 Å². The number of hydrogen-bond acceptors (Lipinski definition) is 4. The van der Waals surface area contributed by atoms with Crippen LogP contribution >= 0.6 is 0 Å². The van der Waals surface area contributed by atoms with Gasteiger partial charge in [0.2, 0.25) is 5.95 Å². The first-order valence-corrected chi connectivity index (χ1v) is 3.85. The van der Waals surface area contributed by atoms with Gasteiger partial charge in [-0.2, -0.15) is 0 Å². The van der Waals surface area contributed by atoms with Crippen molar-refractivity contribution in [1.82, 2.24) is 25.0 Å². The zero-order chi connectivity index (χ0) is 9.42. The molecule has 2 aromatic heterocycles. The number of nitrogens with two attached hydrogens (primary N) is 1. The van der Waals surface area contributed by atoms with Crippen LogP contribution in [0.25, 0.3) is 11.4 Å². The minimum absolute atomic E-state index is 0.482. The molecule has 68 valence electrons. The van der Waals surface area contributed by atoms with Crippen LogP contribution in [0.3, 0.4) is 0 Å². The van der Waals surface area contributed by atoms with Gasteiger partial charge in [0.05, 0.1) is 17.6 Å². The van der Waals surface area contributed by atoms with Crippen molar-refractivity contribution < 1.29 is 0 Å². The molecule has 0 fully saturated rings. The number of nitrogens with zero attached hydrogens (tertiary/aromatic N) is 4. The van der Waals surface area contributed by atoms with Crippen molar-refractivity contribution in [3.8, 4) is 11.4 Å². The van der Waals surface area contributed by atoms with Crippen molar-refractivity contribution in [2.45, 2.75) is 6.92 Å². The van der Waals surface area contributed by atoms with E-state index in [1.807, 2.05) is 14.0 Å². The zero-order valence-electron chi connectivity index (χ0n) is 7.44. The molecule has 13 heavy (non-hydrogen) atoms. The fourth-order valence-electron chi connectivity index (χ4n) is 1.33. The van der Waals surface area contributed by atoms with E-state index in [0.717, 1.165) is 17.1 Å². The Bertz CT molecular complexity index is 412. The van der Waals surface area contributed by atoms with Crippen molar-refractivity contribution in [3.63, 3.8) is 0 Å². The summed E-state index contributed by atoms with van der Waals surface area (Å²) < 4.78 is 1.78. The average molecular weight is 178 g/mol. The van der Waals surface area contributed by atoms with E-state index >= 15 is 0 Å². The Labute approximate surface area is 74.8 Å². The van der Waals surface area contributed by atoms with Gasteiger partial charge in [0.15, 0.2) is 0 Å². The first-order valence-electron chi connectivity index (χ1n) is 3.85. The highest BCUT2D eigenvalue weighted by atomic mass is 15.3. The fraction of sp³-hybridized carbons (Fsp3) is 0.286. The minimum atomic E-state index is 0.482. The van der Waals surface area contributed by atoms with Gasteiger partial charge in [0.25, 0.3) is 0 Å². The summed E-state index contributed by atoms with van der Waals surface area (Å²) in [6, 6.07) is 0. The molecule has 6 nitrogen and oxygen atoms in total. The van der Waals surface area contributed by atoms with E-state index < -0.39 is 0 Å². The topological polar surface area (TPSA) is 85.4 Å². The van der Waals surface area contributed by atoms with E-state index in [4.69, 9.17) is 5.73 Å². The molecular weight excluding hydrogens is 168 g/mol. The molecule has 2 rings (SSSR count).